The minimum Gasteiger partial charge on any atom is -0.365 e. The molecule has 1 aliphatic rings. The number of carbonyl (C=O) groups is 2. The summed E-state index contributed by atoms with van der Waals surface area (Å²) in [7, 11) is 2.76. The van der Waals surface area contributed by atoms with Crippen molar-refractivity contribution in [3.63, 3.8) is 0 Å². The monoisotopic (exact) mass is 362 g/mol. The van der Waals surface area contributed by atoms with Crippen molar-refractivity contribution in [1.82, 2.24) is 9.13 Å². The van der Waals surface area contributed by atoms with E-state index in [1.165, 1.54) is 31.6 Å². The van der Waals surface area contributed by atoms with Crippen LogP contribution in [0, 0.1) is 0 Å². The van der Waals surface area contributed by atoms with Crippen molar-refractivity contribution in [2.24, 2.45) is 19.8 Å². The quantitative estimate of drug-likeness (QED) is 0.821. The Hall–Kier alpha value is -2.68. The number of primary amides is 1. The molecule has 0 unspecified atom stereocenters. The predicted molar refractivity (Wildman–Crippen MR) is 94.4 cm³/mol. The first-order valence-electron chi connectivity index (χ1n) is 7.83. The van der Waals surface area contributed by atoms with Gasteiger partial charge in [-0.2, -0.15) is 0 Å². The maximum atomic E-state index is 12.6. The molecule has 3 rings (SSSR count). The van der Waals surface area contributed by atoms with Crippen LogP contribution in [-0.4, -0.2) is 20.9 Å². The number of aryl methyl sites for hydroxylation is 2. The number of fused-ring (bicyclic) bond motifs is 1. The van der Waals surface area contributed by atoms with Crippen LogP contribution in [0.3, 0.4) is 0 Å². The lowest BCUT2D eigenvalue weighted by molar-refractivity contribution is 0.100. The number of anilines is 1. The molecule has 2 amide bonds. The Labute approximate surface area is 146 Å². The number of carbonyl (C=O) groups excluding carboxylic acids is 2. The zero-order valence-electron chi connectivity index (χ0n) is 13.9. The fourth-order valence-electron chi connectivity index (χ4n) is 3.05. The molecule has 0 atom stereocenters. The molecular weight excluding hydrogens is 344 g/mol. The third kappa shape index (κ3) is 2.91. The molecule has 2 heterocycles. The Morgan fingerprint density at radius 3 is 2.56 bits per heavy atom. The van der Waals surface area contributed by atoms with E-state index in [1.54, 1.807) is 0 Å². The van der Waals surface area contributed by atoms with E-state index in [1.807, 2.05) is 0 Å². The van der Waals surface area contributed by atoms with E-state index < -0.39 is 23.1 Å². The number of aromatic nitrogens is 2. The lowest BCUT2D eigenvalue weighted by Gasteiger charge is -2.11. The van der Waals surface area contributed by atoms with Gasteiger partial charge in [-0.3, -0.25) is 19.0 Å². The molecule has 132 valence electrons. The van der Waals surface area contributed by atoms with E-state index in [4.69, 9.17) is 5.73 Å². The summed E-state index contributed by atoms with van der Waals surface area (Å²) in [6.07, 6.45) is 4.79. The van der Waals surface area contributed by atoms with Crippen molar-refractivity contribution < 1.29 is 9.59 Å². The fraction of sp³-hybridized carbons (Fsp3) is 0.375. The molecule has 25 heavy (non-hydrogen) atoms. The van der Waals surface area contributed by atoms with Crippen LogP contribution < -0.4 is 22.3 Å². The number of hydrogen-bond donors (Lipinski definition) is 2. The Kier molecular flexibility index (Phi) is 4.34. The van der Waals surface area contributed by atoms with Gasteiger partial charge in [0.15, 0.2) is 0 Å². The molecule has 0 fully saturated rings. The van der Waals surface area contributed by atoms with Crippen molar-refractivity contribution in [2.45, 2.75) is 25.7 Å². The third-order valence-corrected chi connectivity index (χ3v) is 5.54. The average molecular weight is 362 g/mol. The van der Waals surface area contributed by atoms with Crippen LogP contribution in [0.5, 0.6) is 0 Å². The average Bonchev–Trinajstić information content (AvgIpc) is 2.93. The van der Waals surface area contributed by atoms with Gasteiger partial charge in [-0.05, 0) is 31.2 Å². The second kappa shape index (κ2) is 6.32. The standard InChI is InChI=1S/C16H18N4O4S/c1-19-7-9(15(23)20(2)16(19)24)13(22)18-14-11(12(17)21)8-5-3-4-6-10(8)25-14/h7H,3-6H2,1-2H3,(H2,17,21)(H,18,22). The van der Waals surface area contributed by atoms with Crippen molar-refractivity contribution in [3.05, 3.63) is 48.6 Å². The molecule has 0 aliphatic heterocycles. The van der Waals surface area contributed by atoms with Gasteiger partial charge in [0, 0.05) is 25.2 Å². The van der Waals surface area contributed by atoms with Gasteiger partial charge in [0.2, 0.25) is 0 Å². The van der Waals surface area contributed by atoms with Gasteiger partial charge in [-0.15, -0.1) is 11.3 Å². The molecule has 3 N–H and O–H groups in total. The molecule has 0 spiro atoms. The lowest BCUT2D eigenvalue weighted by Crippen LogP contribution is -2.40. The van der Waals surface area contributed by atoms with Crippen molar-refractivity contribution in [2.75, 3.05) is 5.32 Å². The maximum absolute atomic E-state index is 12.6. The van der Waals surface area contributed by atoms with Crippen LogP contribution in [0.25, 0.3) is 0 Å². The molecular formula is C16H18N4O4S. The fourth-order valence-corrected chi connectivity index (χ4v) is 4.34. The van der Waals surface area contributed by atoms with Gasteiger partial charge in [0.25, 0.3) is 17.4 Å². The summed E-state index contributed by atoms with van der Waals surface area (Å²) in [6.45, 7) is 0. The largest absolute Gasteiger partial charge is 0.365 e. The van der Waals surface area contributed by atoms with Crippen LogP contribution in [-0.2, 0) is 26.9 Å². The molecule has 0 bridgehead atoms. The summed E-state index contributed by atoms with van der Waals surface area (Å²) in [5.41, 5.74) is 5.34. The molecule has 1 aliphatic carbocycles. The second-order valence-electron chi connectivity index (χ2n) is 6.03. The summed E-state index contributed by atoms with van der Waals surface area (Å²) in [4.78, 5) is 49.4. The van der Waals surface area contributed by atoms with Gasteiger partial charge in [0.05, 0.1) is 5.56 Å². The molecule has 0 radical (unpaired) electrons. The van der Waals surface area contributed by atoms with E-state index in [9.17, 15) is 19.2 Å². The number of nitrogens with two attached hydrogens (primary N) is 1. The van der Waals surface area contributed by atoms with Gasteiger partial charge >= 0.3 is 5.69 Å². The highest BCUT2D eigenvalue weighted by Gasteiger charge is 2.26. The number of rotatable bonds is 3. The lowest BCUT2D eigenvalue weighted by atomic mass is 9.95. The Balaban J connectivity index is 2.03. The molecule has 0 saturated heterocycles. The van der Waals surface area contributed by atoms with Crippen LogP contribution in [0.4, 0.5) is 5.00 Å². The second-order valence-corrected chi connectivity index (χ2v) is 7.14. The summed E-state index contributed by atoms with van der Waals surface area (Å²) in [6, 6.07) is 0. The summed E-state index contributed by atoms with van der Waals surface area (Å²) >= 11 is 1.32. The summed E-state index contributed by atoms with van der Waals surface area (Å²) in [5.74, 6) is -1.26. The van der Waals surface area contributed by atoms with Crippen molar-refractivity contribution >= 4 is 28.2 Å². The van der Waals surface area contributed by atoms with Crippen molar-refractivity contribution in [1.29, 1.82) is 0 Å². The highest BCUT2D eigenvalue weighted by atomic mass is 32.1. The minimum absolute atomic E-state index is 0.175. The number of thiophene rings is 1. The number of nitrogens with one attached hydrogen (secondary N) is 1. The van der Waals surface area contributed by atoms with E-state index in [0.29, 0.717) is 10.6 Å². The van der Waals surface area contributed by atoms with Gasteiger partial charge in [-0.1, -0.05) is 0 Å². The highest BCUT2D eigenvalue weighted by molar-refractivity contribution is 7.17. The first-order chi connectivity index (χ1) is 11.8. The Morgan fingerprint density at radius 1 is 1.20 bits per heavy atom. The zero-order chi connectivity index (χ0) is 18.3. The highest BCUT2D eigenvalue weighted by Crippen LogP contribution is 2.37. The molecule has 0 aromatic carbocycles. The first-order valence-corrected chi connectivity index (χ1v) is 8.65. The third-order valence-electron chi connectivity index (χ3n) is 4.34. The summed E-state index contributed by atoms with van der Waals surface area (Å²) in [5, 5.41) is 2.99. The van der Waals surface area contributed by atoms with Gasteiger partial charge in [-0.25, -0.2) is 4.79 Å². The molecule has 2 aromatic heterocycles. The SMILES string of the molecule is Cn1cc(C(=O)Nc2sc3c(c2C(N)=O)CCCC3)c(=O)n(C)c1=O. The number of amides is 2. The number of nitrogens with zero attached hydrogens (tertiary/aromatic N) is 2. The number of hydrogen-bond acceptors (Lipinski definition) is 5. The van der Waals surface area contributed by atoms with E-state index in [-0.39, 0.29) is 5.56 Å². The smallest absolute Gasteiger partial charge is 0.330 e. The van der Waals surface area contributed by atoms with E-state index >= 15 is 0 Å². The van der Waals surface area contributed by atoms with Gasteiger partial charge < -0.3 is 15.6 Å². The van der Waals surface area contributed by atoms with Crippen LogP contribution in [0.2, 0.25) is 0 Å². The predicted octanol–water partition coefficient (Wildman–Crippen LogP) is 0.375. The molecule has 8 nitrogen and oxygen atoms in total. The summed E-state index contributed by atoms with van der Waals surface area (Å²) < 4.78 is 2.02. The zero-order valence-corrected chi connectivity index (χ0v) is 14.7. The van der Waals surface area contributed by atoms with E-state index in [2.05, 4.69) is 5.32 Å². The molecule has 0 saturated carbocycles. The van der Waals surface area contributed by atoms with Crippen LogP contribution >= 0.6 is 11.3 Å². The van der Waals surface area contributed by atoms with Gasteiger partial charge in [0.1, 0.15) is 10.6 Å². The Morgan fingerprint density at radius 2 is 1.88 bits per heavy atom. The Bertz CT molecular complexity index is 999. The first kappa shape index (κ1) is 17.2. The van der Waals surface area contributed by atoms with Crippen LogP contribution in [0.1, 0.15) is 44.0 Å². The topological polar surface area (TPSA) is 116 Å². The minimum atomic E-state index is -0.692. The van der Waals surface area contributed by atoms with E-state index in [0.717, 1.165) is 45.3 Å². The maximum Gasteiger partial charge on any atom is 0.330 e. The normalized spacial score (nSPS) is 13.4. The van der Waals surface area contributed by atoms with Crippen molar-refractivity contribution in [3.8, 4) is 0 Å². The van der Waals surface area contributed by atoms with Crippen LogP contribution in [0.15, 0.2) is 15.8 Å². The molecule has 9 heteroatoms. The molecule has 2 aromatic rings.